The molecular formula is C7H10BNO. The molecule has 0 saturated carbocycles. The van der Waals surface area contributed by atoms with Crippen LogP contribution in [0.15, 0.2) is 37.0 Å². The lowest BCUT2D eigenvalue weighted by molar-refractivity contribution is 0.368. The Bertz CT molecular complexity index is 165. The van der Waals surface area contributed by atoms with Gasteiger partial charge < -0.3 is 9.88 Å². The van der Waals surface area contributed by atoms with E-state index in [9.17, 15) is 0 Å². The van der Waals surface area contributed by atoms with E-state index in [2.05, 4.69) is 11.8 Å². The third-order valence-electron chi connectivity index (χ3n) is 1.15. The zero-order valence-electron chi connectivity index (χ0n) is 5.79. The van der Waals surface area contributed by atoms with Gasteiger partial charge in [-0.15, -0.1) is 6.58 Å². The zero-order valence-corrected chi connectivity index (χ0v) is 5.79. The summed E-state index contributed by atoms with van der Waals surface area (Å²) in [5.41, 5.74) is 0. The third kappa shape index (κ3) is 2.11. The molecule has 1 rings (SSSR count). The van der Waals surface area contributed by atoms with E-state index in [1.807, 2.05) is 24.3 Å². The maximum absolute atomic E-state index is 5.26. The number of hydrogen-bond donors (Lipinski definition) is 1. The number of allylic oxidation sites excluding steroid dienone is 2. The first-order valence-corrected chi connectivity index (χ1v) is 3.25. The molecule has 0 aromatic heterocycles. The maximum Gasteiger partial charge on any atom is 0.441 e. The van der Waals surface area contributed by atoms with Gasteiger partial charge in [0.05, 0.1) is 0 Å². The molecule has 0 aromatic carbocycles. The minimum Gasteiger partial charge on any atom is -0.410 e. The first-order chi connectivity index (χ1) is 4.93. The van der Waals surface area contributed by atoms with Crippen molar-refractivity contribution in [2.45, 2.75) is 0 Å². The molecule has 1 aliphatic heterocycles. The van der Waals surface area contributed by atoms with Gasteiger partial charge in [0.2, 0.25) is 0 Å². The van der Waals surface area contributed by atoms with Gasteiger partial charge in [0, 0.05) is 6.61 Å². The highest BCUT2D eigenvalue weighted by Crippen LogP contribution is 1.91. The highest BCUT2D eigenvalue weighted by atomic mass is 16.4. The fourth-order valence-corrected chi connectivity index (χ4v) is 0.702. The molecule has 0 amide bonds. The van der Waals surface area contributed by atoms with Crippen LogP contribution >= 0.6 is 0 Å². The normalized spacial score (nSPS) is 15.0. The molecule has 0 saturated heterocycles. The van der Waals surface area contributed by atoms with Gasteiger partial charge in [0.1, 0.15) is 0 Å². The van der Waals surface area contributed by atoms with E-state index in [1.54, 1.807) is 6.08 Å². The summed E-state index contributed by atoms with van der Waals surface area (Å²) in [6.45, 7) is 4.13. The van der Waals surface area contributed by atoms with Crippen LogP contribution in [0.3, 0.4) is 0 Å². The van der Waals surface area contributed by atoms with E-state index in [-0.39, 0.29) is 7.05 Å². The molecular weight excluding hydrogens is 125 g/mol. The Morgan fingerprint density at radius 1 is 1.60 bits per heavy atom. The molecule has 0 radical (unpaired) electrons. The fourth-order valence-electron chi connectivity index (χ4n) is 0.702. The lowest BCUT2D eigenvalue weighted by atomic mass is 9.82. The second kappa shape index (κ2) is 3.96. The average molecular weight is 135 g/mol. The van der Waals surface area contributed by atoms with E-state index in [0.717, 1.165) is 0 Å². The molecule has 0 aromatic rings. The molecule has 1 heterocycles. The van der Waals surface area contributed by atoms with E-state index in [4.69, 9.17) is 4.65 Å². The lowest BCUT2D eigenvalue weighted by Gasteiger charge is -2.09. The van der Waals surface area contributed by atoms with Crippen molar-refractivity contribution in [1.29, 1.82) is 0 Å². The molecule has 1 aliphatic rings. The van der Waals surface area contributed by atoms with E-state index in [1.165, 1.54) is 0 Å². The van der Waals surface area contributed by atoms with E-state index >= 15 is 0 Å². The summed E-state index contributed by atoms with van der Waals surface area (Å²) in [7, 11) is 0.0167. The standard InChI is InChI=1S/C7H10BNO/c1-2-7-10-8-5-3-4-6-9-8/h2-6,9H,1,7H2. The van der Waals surface area contributed by atoms with Gasteiger partial charge in [0.25, 0.3) is 0 Å². The molecule has 0 atom stereocenters. The largest absolute Gasteiger partial charge is 0.441 e. The minimum absolute atomic E-state index is 0.0167. The molecule has 0 bridgehead atoms. The Hall–Kier alpha value is -0.955. The predicted octanol–water partition coefficient (Wildman–Crippen LogP) is 0.889. The van der Waals surface area contributed by atoms with Crippen LogP contribution in [0.25, 0.3) is 0 Å². The highest BCUT2D eigenvalue weighted by molar-refractivity contribution is 6.55. The van der Waals surface area contributed by atoms with Crippen molar-refractivity contribution < 1.29 is 4.65 Å². The van der Waals surface area contributed by atoms with E-state index < -0.39 is 0 Å². The van der Waals surface area contributed by atoms with Crippen molar-refractivity contribution >= 4 is 7.05 Å². The predicted molar refractivity (Wildman–Crippen MR) is 43.3 cm³/mol. The Morgan fingerprint density at radius 3 is 3.10 bits per heavy atom. The minimum atomic E-state index is 0.0167. The first kappa shape index (κ1) is 7.16. The Labute approximate surface area is 61.4 Å². The molecule has 0 aliphatic carbocycles. The van der Waals surface area contributed by atoms with Crippen molar-refractivity contribution in [3.63, 3.8) is 0 Å². The summed E-state index contributed by atoms with van der Waals surface area (Å²) in [6, 6.07) is 0. The second-order valence-electron chi connectivity index (χ2n) is 1.95. The molecule has 0 spiro atoms. The molecule has 2 nitrogen and oxygen atoms in total. The fraction of sp³-hybridized carbons (Fsp3) is 0.143. The summed E-state index contributed by atoms with van der Waals surface area (Å²) < 4.78 is 5.26. The number of hydrogen-bond acceptors (Lipinski definition) is 2. The van der Waals surface area contributed by atoms with Crippen LogP contribution in [0.1, 0.15) is 0 Å². The smallest absolute Gasteiger partial charge is 0.410 e. The number of rotatable bonds is 3. The van der Waals surface area contributed by atoms with Crippen molar-refractivity contribution in [3.8, 4) is 0 Å². The van der Waals surface area contributed by atoms with Gasteiger partial charge in [-0.3, -0.25) is 0 Å². The van der Waals surface area contributed by atoms with Gasteiger partial charge in [-0.25, -0.2) is 0 Å². The van der Waals surface area contributed by atoms with Crippen molar-refractivity contribution in [3.05, 3.63) is 37.0 Å². The topological polar surface area (TPSA) is 21.3 Å². The van der Waals surface area contributed by atoms with Crippen LogP contribution < -0.4 is 5.23 Å². The summed E-state index contributed by atoms with van der Waals surface area (Å²) >= 11 is 0. The van der Waals surface area contributed by atoms with Gasteiger partial charge >= 0.3 is 7.05 Å². The second-order valence-corrected chi connectivity index (χ2v) is 1.95. The highest BCUT2D eigenvalue weighted by Gasteiger charge is 2.09. The van der Waals surface area contributed by atoms with E-state index in [0.29, 0.717) is 6.61 Å². The molecule has 0 fully saturated rings. The van der Waals surface area contributed by atoms with Crippen LogP contribution in [0.4, 0.5) is 0 Å². The Balaban J connectivity index is 2.23. The lowest BCUT2D eigenvalue weighted by Crippen LogP contribution is -2.32. The van der Waals surface area contributed by atoms with Crippen molar-refractivity contribution in [1.82, 2.24) is 5.23 Å². The molecule has 52 valence electrons. The Morgan fingerprint density at radius 2 is 2.50 bits per heavy atom. The van der Waals surface area contributed by atoms with Gasteiger partial charge in [0.15, 0.2) is 0 Å². The summed E-state index contributed by atoms with van der Waals surface area (Å²) in [4.78, 5) is 0. The van der Waals surface area contributed by atoms with Gasteiger partial charge in [-0.05, 0) is 12.3 Å². The van der Waals surface area contributed by atoms with Crippen molar-refractivity contribution in [2.75, 3.05) is 6.61 Å². The van der Waals surface area contributed by atoms with Crippen LogP contribution in [0.2, 0.25) is 0 Å². The van der Waals surface area contributed by atoms with Crippen LogP contribution in [-0.2, 0) is 4.65 Å². The molecule has 10 heavy (non-hydrogen) atoms. The monoisotopic (exact) mass is 135 g/mol. The van der Waals surface area contributed by atoms with Gasteiger partial charge in [-0.2, -0.15) is 0 Å². The van der Waals surface area contributed by atoms with Crippen molar-refractivity contribution in [2.24, 2.45) is 0 Å². The Kier molecular flexibility index (Phi) is 2.83. The summed E-state index contributed by atoms with van der Waals surface area (Å²) in [5, 5.41) is 3.02. The summed E-state index contributed by atoms with van der Waals surface area (Å²) in [5.74, 6) is 1.95. The van der Waals surface area contributed by atoms with Gasteiger partial charge in [-0.1, -0.05) is 18.1 Å². The molecule has 3 heteroatoms. The van der Waals surface area contributed by atoms with Crippen LogP contribution in [-0.4, -0.2) is 13.7 Å². The third-order valence-corrected chi connectivity index (χ3v) is 1.15. The summed E-state index contributed by atoms with van der Waals surface area (Å²) in [6.07, 6.45) is 7.46. The zero-order chi connectivity index (χ0) is 7.23. The number of nitrogens with one attached hydrogen (secondary N) is 1. The average Bonchev–Trinajstić information content (AvgIpc) is 2.03. The first-order valence-electron chi connectivity index (χ1n) is 3.25. The quantitative estimate of drug-likeness (QED) is 0.458. The molecule has 0 unspecified atom stereocenters. The SMILES string of the molecule is C=CCOB1C=CC=CN1. The molecule has 1 N–H and O–H groups in total. The maximum atomic E-state index is 5.26. The van der Waals surface area contributed by atoms with Crippen LogP contribution in [0, 0.1) is 0 Å². The van der Waals surface area contributed by atoms with Crippen LogP contribution in [0.5, 0.6) is 0 Å².